The highest BCUT2D eigenvalue weighted by molar-refractivity contribution is 5.71. The van der Waals surface area contributed by atoms with Gasteiger partial charge in [-0.1, -0.05) is 0 Å². The van der Waals surface area contributed by atoms with Crippen molar-refractivity contribution in [2.24, 2.45) is 0 Å². The van der Waals surface area contributed by atoms with Gasteiger partial charge in [0.15, 0.2) is 0 Å². The van der Waals surface area contributed by atoms with Crippen LogP contribution in [0.15, 0.2) is 0 Å². The number of carbonyl (C=O) groups is 2. The quantitative estimate of drug-likeness (QED) is 0.705. The van der Waals surface area contributed by atoms with Crippen molar-refractivity contribution in [1.29, 1.82) is 0 Å². The van der Waals surface area contributed by atoms with E-state index in [2.05, 4.69) is 0 Å². The number of hydrogen-bond donors (Lipinski definition) is 2. The van der Waals surface area contributed by atoms with Crippen LogP contribution in [0.4, 0.5) is 4.79 Å². The lowest BCUT2D eigenvalue weighted by Gasteiger charge is -2.24. The summed E-state index contributed by atoms with van der Waals surface area (Å²) in [7, 11) is 0. The van der Waals surface area contributed by atoms with Crippen molar-refractivity contribution in [3.63, 3.8) is 0 Å². The molecular weight excluding hydrogens is 240 g/mol. The molecule has 0 saturated heterocycles. The molecule has 2 N–H and O–H groups in total. The Bertz CT molecular complexity index is 251. The molecule has 0 radical (unpaired) electrons. The predicted molar refractivity (Wildman–Crippen MR) is 66.4 cm³/mol. The van der Waals surface area contributed by atoms with E-state index < -0.39 is 29.4 Å². The Balaban J connectivity index is 0. The molecule has 0 aromatic carbocycles. The highest BCUT2D eigenvalue weighted by Crippen LogP contribution is 2.13. The second-order valence-corrected chi connectivity index (χ2v) is 5.69. The van der Waals surface area contributed by atoms with Crippen molar-refractivity contribution < 1.29 is 29.3 Å². The standard InChI is InChI=1S/C9H18O3.C3H6O3/c1-8(2,3)11-7(10)12-9(4,5)6;1-2(4)3(5)6/h1-6H3;2,4H,1H3,(H,5,6). The summed E-state index contributed by atoms with van der Waals surface area (Å²) in [5.41, 5.74) is -0.968. The van der Waals surface area contributed by atoms with E-state index in [4.69, 9.17) is 19.7 Å². The van der Waals surface area contributed by atoms with Crippen LogP contribution in [-0.2, 0) is 14.3 Å². The minimum atomic E-state index is -1.23. The molecule has 0 aliphatic carbocycles. The molecule has 108 valence electrons. The van der Waals surface area contributed by atoms with Gasteiger partial charge in [0.25, 0.3) is 0 Å². The van der Waals surface area contributed by atoms with Crippen molar-refractivity contribution in [3.05, 3.63) is 0 Å². The molecule has 0 bridgehead atoms. The number of aliphatic hydroxyl groups is 1. The third-order valence-corrected chi connectivity index (χ3v) is 1.14. The van der Waals surface area contributed by atoms with Gasteiger partial charge in [0.1, 0.15) is 17.3 Å². The van der Waals surface area contributed by atoms with Crippen molar-refractivity contribution in [2.45, 2.75) is 65.8 Å². The molecule has 0 aromatic rings. The molecule has 0 rings (SSSR count). The van der Waals surface area contributed by atoms with Crippen LogP contribution in [0.1, 0.15) is 48.5 Å². The van der Waals surface area contributed by atoms with Gasteiger partial charge in [-0.15, -0.1) is 0 Å². The number of rotatable bonds is 1. The van der Waals surface area contributed by atoms with Gasteiger partial charge in [-0.05, 0) is 48.5 Å². The largest absolute Gasteiger partial charge is 0.509 e. The average Bonchev–Trinajstić information content (AvgIpc) is 1.96. The van der Waals surface area contributed by atoms with Crippen LogP contribution in [0.5, 0.6) is 0 Å². The van der Waals surface area contributed by atoms with Gasteiger partial charge in [-0.25, -0.2) is 9.59 Å². The van der Waals surface area contributed by atoms with E-state index in [1.54, 1.807) is 41.5 Å². The third kappa shape index (κ3) is 17.1. The predicted octanol–water partition coefficient (Wildman–Crippen LogP) is 2.19. The maximum atomic E-state index is 11.0. The smallest absolute Gasteiger partial charge is 0.479 e. The number of ether oxygens (including phenoxy) is 2. The normalized spacial score (nSPS) is 12.9. The van der Waals surface area contributed by atoms with Gasteiger partial charge in [0.05, 0.1) is 0 Å². The highest BCUT2D eigenvalue weighted by Gasteiger charge is 2.22. The molecule has 0 aliphatic heterocycles. The fraction of sp³-hybridized carbons (Fsp3) is 0.833. The first-order chi connectivity index (χ1) is 7.74. The van der Waals surface area contributed by atoms with Crippen LogP contribution in [0.2, 0.25) is 0 Å². The number of carboxylic acid groups (broad SMARTS) is 1. The topological polar surface area (TPSA) is 93.1 Å². The fourth-order valence-corrected chi connectivity index (χ4v) is 0.521. The molecule has 6 nitrogen and oxygen atoms in total. The lowest BCUT2D eigenvalue weighted by atomic mass is 10.2. The first-order valence-electron chi connectivity index (χ1n) is 5.57. The summed E-state index contributed by atoms with van der Waals surface area (Å²) in [6.07, 6.45) is -1.85. The molecule has 0 amide bonds. The van der Waals surface area contributed by atoms with Crippen LogP contribution in [0.3, 0.4) is 0 Å². The zero-order chi connectivity index (χ0) is 15.1. The number of carbonyl (C=O) groups excluding carboxylic acids is 1. The molecule has 0 heterocycles. The Morgan fingerprint density at radius 2 is 1.17 bits per heavy atom. The van der Waals surface area contributed by atoms with E-state index in [1.807, 2.05) is 0 Å². The molecule has 0 fully saturated rings. The molecule has 0 aliphatic rings. The van der Waals surface area contributed by atoms with Crippen LogP contribution in [0.25, 0.3) is 0 Å². The monoisotopic (exact) mass is 264 g/mol. The van der Waals surface area contributed by atoms with Crippen molar-refractivity contribution >= 4 is 12.1 Å². The SMILES string of the molecule is CC(C)(C)OC(=O)OC(C)(C)C.CC(O)C(=O)O. The molecule has 1 atom stereocenters. The van der Waals surface area contributed by atoms with Gasteiger partial charge in [0.2, 0.25) is 0 Å². The molecule has 0 spiro atoms. The maximum Gasteiger partial charge on any atom is 0.509 e. The van der Waals surface area contributed by atoms with Crippen LogP contribution in [-0.4, -0.2) is 39.6 Å². The lowest BCUT2D eigenvalue weighted by molar-refractivity contribution is -0.145. The Morgan fingerprint density at radius 3 is 1.28 bits per heavy atom. The number of carboxylic acids is 1. The Kier molecular flexibility index (Phi) is 7.62. The summed E-state index contributed by atoms with van der Waals surface area (Å²) in [6.45, 7) is 12.0. The van der Waals surface area contributed by atoms with Gasteiger partial charge >= 0.3 is 12.1 Å². The van der Waals surface area contributed by atoms with E-state index in [0.29, 0.717) is 0 Å². The van der Waals surface area contributed by atoms with Crippen LogP contribution < -0.4 is 0 Å². The van der Waals surface area contributed by atoms with E-state index in [9.17, 15) is 9.59 Å². The summed E-state index contributed by atoms with van der Waals surface area (Å²) in [5, 5.41) is 15.8. The molecule has 6 heteroatoms. The number of aliphatic hydroxyl groups excluding tert-OH is 1. The van der Waals surface area contributed by atoms with Gasteiger partial charge in [-0.2, -0.15) is 0 Å². The number of aliphatic carboxylic acids is 1. The minimum Gasteiger partial charge on any atom is -0.479 e. The minimum absolute atomic E-state index is 0.484. The van der Waals surface area contributed by atoms with Crippen molar-refractivity contribution in [3.8, 4) is 0 Å². The first-order valence-corrected chi connectivity index (χ1v) is 5.57. The summed E-state index contributed by atoms with van der Waals surface area (Å²) in [6, 6.07) is 0. The fourth-order valence-electron chi connectivity index (χ4n) is 0.521. The van der Waals surface area contributed by atoms with Crippen molar-refractivity contribution in [2.75, 3.05) is 0 Å². The van der Waals surface area contributed by atoms with Crippen LogP contribution >= 0.6 is 0 Å². The van der Waals surface area contributed by atoms with E-state index >= 15 is 0 Å². The molecule has 0 aromatic heterocycles. The first kappa shape index (κ1) is 19.0. The van der Waals surface area contributed by atoms with Crippen LogP contribution in [0, 0.1) is 0 Å². The Labute approximate surface area is 108 Å². The summed E-state index contributed by atoms with van der Waals surface area (Å²) in [4.78, 5) is 20.5. The Morgan fingerprint density at radius 1 is 0.944 bits per heavy atom. The zero-order valence-electron chi connectivity index (χ0n) is 12.1. The van der Waals surface area contributed by atoms with E-state index in [1.165, 1.54) is 6.92 Å². The maximum absolute atomic E-state index is 11.0. The van der Waals surface area contributed by atoms with Gasteiger partial charge in [-0.3, -0.25) is 0 Å². The third-order valence-electron chi connectivity index (χ3n) is 1.14. The molecular formula is C12H24O6. The van der Waals surface area contributed by atoms with E-state index in [-0.39, 0.29) is 0 Å². The number of hydrogen-bond acceptors (Lipinski definition) is 5. The summed E-state index contributed by atoms with van der Waals surface area (Å²) in [5.74, 6) is -1.19. The molecule has 1 unspecified atom stereocenters. The van der Waals surface area contributed by atoms with Gasteiger partial charge < -0.3 is 19.7 Å². The lowest BCUT2D eigenvalue weighted by Crippen LogP contribution is -2.30. The summed E-state index contributed by atoms with van der Waals surface area (Å²) >= 11 is 0. The molecule has 18 heavy (non-hydrogen) atoms. The Hall–Kier alpha value is -1.30. The highest BCUT2D eigenvalue weighted by atomic mass is 16.7. The zero-order valence-corrected chi connectivity index (χ0v) is 12.1. The molecule has 0 saturated carbocycles. The summed E-state index contributed by atoms with van der Waals surface area (Å²) < 4.78 is 9.91. The average molecular weight is 264 g/mol. The van der Waals surface area contributed by atoms with E-state index in [0.717, 1.165) is 0 Å². The van der Waals surface area contributed by atoms with Crippen molar-refractivity contribution in [1.82, 2.24) is 0 Å². The second-order valence-electron chi connectivity index (χ2n) is 5.69. The second kappa shape index (κ2) is 7.20. The van der Waals surface area contributed by atoms with Gasteiger partial charge in [0, 0.05) is 0 Å².